The Balaban J connectivity index is 0.000000199. The average molecular weight is 1450 g/mol. The van der Waals surface area contributed by atoms with Gasteiger partial charge in [0.1, 0.15) is 0 Å². The van der Waals surface area contributed by atoms with Crippen LogP contribution in [-0.2, 0) is 28.4 Å². The first kappa shape index (κ1) is 76.3. The molecule has 3 N–H and O–H groups in total. The smallest absolute Gasteiger partial charge is 0.870 e. The van der Waals surface area contributed by atoms with E-state index in [0.717, 1.165) is 70.1 Å². The molecule has 1 aromatic carbocycles. The van der Waals surface area contributed by atoms with Crippen molar-refractivity contribution in [3.8, 4) is 0 Å². The number of hydrogen-bond acceptors (Lipinski definition) is 19. The number of amides is 1. The van der Waals surface area contributed by atoms with Gasteiger partial charge in [0.25, 0.3) is 5.91 Å². The van der Waals surface area contributed by atoms with Crippen LogP contribution in [-0.4, -0.2) is 167 Å². The van der Waals surface area contributed by atoms with Gasteiger partial charge < -0.3 is 44.3 Å². The standard InChI is InChI=1S/C19H18Cl2N4O2.C14H15Cl2N3O3.C14H16ClN3O3.C12H11Cl2N3O3.CH3F.CH4.Li.H2O/c1-11-2-4-12(5-3-11)23-19(26)14-10-22-18-15(16(14)20)17(21)24-25(18)13-6-8-27-9-7-13;1-2-22-14(20)9-7-17-13-10(11(9)15)12(16)18-19(13)8-3-5-21-6-4-8;1-2-21-14(19)11-7-16-13-10(12(11)15)8-17-18(13)9-3-5-20-6-4-9;13-9-7(12(18)19)5-15-11-8(9)10(14)16-17(11)6-1-3-20-4-2-6;1-2;;;/h2-5,10,13H,6-9H2,1H3,(H,23,26);7-8H,2-6H2,1H3;7-9H,2-6H2,1H3;5-6H,1-4H2,(H,18,19);1H3;1H4;;1H2/q;;;;;;+1;/p-1/i;;;;1D;;;. The van der Waals surface area contributed by atoms with E-state index in [1.807, 2.05) is 35.9 Å². The zero-order chi connectivity index (χ0) is 66.5. The monoisotopic (exact) mass is 1450 g/mol. The van der Waals surface area contributed by atoms with Crippen LogP contribution in [0.5, 0.6) is 0 Å². The molecule has 0 spiro atoms. The van der Waals surface area contributed by atoms with Gasteiger partial charge in [-0.3, -0.25) is 9.18 Å². The first-order valence-corrected chi connectivity index (χ1v) is 31.8. The number of rotatable bonds is 11. The van der Waals surface area contributed by atoms with Gasteiger partial charge in [0.05, 0.1) is 116 Å². The number of aromatic carboxylic acids is 1. The van der Waals surface area contributed by atoms with E-state index in [4.69, 9.17) is 116 Å². The molecule has 13 rings (SSSR count). The molecule has 0 radical (unpaired) electrons. The minimum atomic E-state index is -1.14. The molecule has 95 heavy (non-hydrogen) atoms. The van der Waals surface area contributed by atoms with Crippen molar-refractivity contribution in [2.75, 3.05) is 78.5 Å². The number of carbonyl (C=O) groups is 4. The number of halogens is 8. The van der Waals surface area contributed by atoms with Crippen LogP contribution in [0.2, 0.25) is 35.5 Å². The second-order valence-electron chi connectivity index (χ2n) is 21.0. The molecule has 0 atom stereocenters. The summed E-state index contributed by atoms with van der Waals surface area (Å²) in [6, 6.07) is 8.24. The Hall–Kier alpha value is -6.06. The third-order valence-electron chi connectivity index (χ3n) is 15.3. The summed E-state index contributed by atoms with van der Waals surface area (Å²) in [5, 5.41) is 32.9. The number of nitrogens with zero attached hydrogens (tertiary/aromatic N) is 12. The number of anilines is 1. The maximum absolute atomic E-state index is 12.7. The molecule has 34 heteroatoms. The van der Waals surface area contributed by atoms with Crippen LogP contribution in [0.3, 0.4) is 0 Å². The minimum Gasteiger partial charge on any atom is -0.870 e. The molecule has 8 aromatic heterocycles. The minimum absolute atomic E-state index is 0. The molecule has 1 amide bonds. The van der Waals surface area contributed by atoms with Crippen molar-refractivity contribution in [1.29, 1.82) is 0 Å². The van der Waals surface area contributed by atoms with Crippen LogP contribution in [0.4, 0.5) is 10.1 Å². The Morgan fingerprint density at radius 2 is 0.874 bits per heavy atom. The van der Waals surface area contributed by atoms with Gasteiger partial charge in [0, 0.05) is 83.3 Å². The quantitative estimate of drug-likeness (QED) is 0.0897. The number of carboxylic acid groups (broad SMARTS) is 1. The van der Waals surface area contributed by atoms with E-state index in [1.165, 1.54) is 24.8 Å². The summed E-state index contributed by atoms with van der Waals surface area (Å²) < 4.78 is 54.1. The summed E-state index contributed by atoms with van der Waals surface area (Å²) in [6.07, 6.45) is 14.0. The van der Waals surface area contributed by atoms with Crippen molar-refractivity contribution in [2.45, 2.75) is 104 Å². The molecular weight excluding hydrogens is 1380 g/mol. The van der Waals surface area contributed by atoms with Gasteiger partial charge in [-0.05, 0) is 84.3 Å². The van der Waals surface area contributed by atoms with Crippen LogP contribution in [0.25, 0.3) is 44.1 Å². The van der Waals surface area contributed by atoms with Gasteiger partial charge in [0.15, 0.2) is 38.0 Å². The van der Waals surface area contributed by atoms with Crippen molar-refractivity contribution in [2.24, 2.45) is 0 Å². The van der Waals surface area contributed by atoms with Crippen molar-refractivity contribution in [1.82, 2.24) is 59.1 Å². The van der Waals surface area contributed by atoms with Crippen molar-refractivity contribution >= 4 is 155 Å². The van der Waals surface area contributed by atoms with Crippen LogP contribution >= 0.6 is 81.2 Å². The number of aromatic nitrogens is 12. The van der Waals surface area contributed by atoms with Gasteiger partial charge in [-0.15, -0.1) is 0 Å². The van der Waals surface area contributed by atoms with Crippen molar-refractivity contribution < 1.29 is 82.8 Å². The summed E-state index contributed by atoms with van der Waals surface area (Å²) in [5.41, 5.74) is 4.83. The van der Waals surface area contributed by atoms with E-state index in [2.05, 4.69) is 45.6 Å². The second kappa shape index (κ2) is 36.5. The predicted octanol–water partition coefficient (Wildman–Crippen LogP) is 11.4. The van der Waals surface area contributed by atoms with E-state index in [0.29, 0.717) is 101 Å². The Kier molecular flexibility index (Phi) is 29.3. The number of fused-ring (bicyclic) bond motifs is 4. The van der Waals surface area contributed by atoms with E-state index in [9.17, 15) is 23.6 Å². The summed E-state index contributed by atoms with van der Waals surface area (Å²) >= 11 is 43.9. The summed E-state index contributed by atoms with van der Waals surface area (Å²) in [7, 11) is -1.00. The summed E-state index contributed by atoms with van der Waals surface area (Å²) in [4.78, 5) is 64.8. The largest absolute Gasteiger partial charge is 1.00 e. The predicted molar refractivity (Wildman–Crippen MR) is 355 cm³/mol. The number of benzene rings is 1. The Bertz CT molecular complexity index is 4130. The molecule has 4 aliphatic heterocycles. The number of carbonyl (C=O) groups excluding carboxylic acids is 3. The third-order valence-corrected chi connectivity index (χ3v) is 17.7. The first-order chi connectivity index (χ1) is 44.9. The Morgan fingerprint density at radius 1 is 0.547 bits per heavy atom. The van der Waals surface area contributed by atoms with Crippen LogP contribution in [0, 0.1) is 6.92 Å². The second-order valence-corrected chi connectivity index (χ2v) is 23.6. The molecule has 4 fully saturated rings. The number of carboxylic acids is 1. The van der Waals surface area contributed by atoms with Crippen molar-refractivity contribution in [3.05, 3.63) is 119 Å². The average Bonchev–Trinajstić information content (AvgIpc) is 1.64. The van der Waals surface area contributed by atoms with Gasteiger partial charge in [-0.25, -0.2) is 53.0 Å². The molecular formula is C61H68Cl7FLiN13O12. The van der Waals surface area contributed by atoms with Gasteiger partial charge >= 0.3 is 36.8 Å². The fraction of sp³-hybridized carbons (Fsp3) is 0.443. The topological polar surface area (TPSA) is 309 Å². The maximum Gasteiger partial charge on any atom is 1.00 e. The molecule has 9 aromatic rings. The Labute approximate surface area is 593 Å². The summed E-state index contributed by atoms with van der Waals surface area (Å²) in [5.74, 6) is -2.46. The van der Waals surface area contributed by atoms with Crippen LogP contribution in [0.1, 0.15) is 145 Å². The van der Waals surface area contributed by atoms with E-state index in [1.54, 1.807) is 34.1 Å². The molecule has 4 aliphatic rings. The number of pyridine rings is 4. The zero-order valence-electron chi connectivity index (χ0n) is 52.3. The number of nitrogens with one attached hydrogen (secondary N) is 1. The fourth-order valence-electron chi connectivity index (χ4n) is 10.6. The zero-order valence-corrected chi connectivity index (χ0v) is 56.6. The molecule has 12 heterocycles. The number of aryl methyl sites for hydroxylation is 1. The molecule has 25 nitrogen and oxygen atoms in total. The number of hydrogen-bond donors (Lipinski definition) is 2. The van der Waals surface area contributed by atoms with Gasteiger partial charge in [-0.1, -0.05) is 106 Å². The van der Waals surface area contributed by atoms with Crippen molar-refractivity contribution in [3.63, 3.8) is 0 Å². The molecule has 506 valence electrons. The molecule has 4 saturated heterocycles. The maximum atomic E-state index is 12.7. The van der Waals surface area contributed by atoms with Crippen LogP contribution in [0.15, 0.2) is 55.2 Å². The number of esters is 2. The summed E-state index contributed by atoms with van der Waals surface area (Å²) in [6.45, 7) is 11.5. The molecule has 0 bridgehead atoms. The Morgan fingerprint density at radius 3 is 1.25 bits per heavy atom. The van der Waals surface area contributed by atoms with Crippen LogP contribution < -0.4 is 24.2 Å². The van der Waals surface area contributed by atoms with Gasteiger partial charge in [-0.2, -0.15) is 20.4 Å². The SMILES string of the molecule is C.CCOC(=O)c1cnc2c(c(Cl)nn2C2CCOCC2)c1Cl.CCOC(=O)c1cnc2c(cnn2C2CCOCC2)c1Cl.Cc1ccc(NC(=O)c2cnc3c(c(Cl)nn3C3CCOCC3)c2Cl)cc1.O=C(O)c1cnc2c(c(Cl)nn2C2CCOCC2)c1Cl.[2H]CF.[Li+].[OH-]. The van der Waals surface area contributed by atoms with E-state index >= 15 is 0 Å². The molecule has 0 aliphatic carbocycles. The number of ether oxygens (including phenoxy) is 6. The van der Waals surface area contributed by atoms with E-state index < -0.39 is 25.1 Å². The number of alkyl halides is 1. The van der Waals surface area contributed by atoms with Gasteiger partial charge in [0.2, 0.25) is 0 Å². The molecule has 0 saturated carbocycles. The molecule has 0 unspecified atom stereocenters. The first-order valence-electron chi connectivity index (χ1n) is 29.9. The van der Waals surface area contributed by atoms with E-state index in [-0.39, 0.29) is 121 Å². The normalized spacial score (nSPS) is 15.4. The fourth-order valence-corrected chi connectivity index (χ4v) is 12.7. The third kappa shape index (κ3) is 17.8.